The Morgan fingerprint density at radius 3 is 2.83 bits per heavy atom. The first-order chi connectivity index (χ1) is 14.4. The highest BCUT2D eigenvalue weighted by Crippen LogP contribution is 2.30. The largest absolute Gasteiger partial charge is 0.370 e. The fourth-order valence-corrected chi connectivity index (χ4v) is 4.33. The second-order valence-corrected chi connectivity index (χ2v) is 8.70. The second kappa shape index (κ2) is 8.58. The van der Waals surface area contributed by atoms with Crippen LogP contribution in [0.1, 0.15) is 26.3 Å². The maximum atomic E-state index is 11.9. The summed E-state index contributed by atoms with van der Waals surface area (Å²) in [7, 11) is 0. The van der Waals surface area contributed by atoms with Crippen LogP contribution in [0.3, 0.4) is 0 Å². The Kier molecular flexibility index (Phi) is 5.89. The number of likely N-dealkylation sites (tertiary alicyclic amines) is 1. The van der Waals surface area contributed by atoms with Crippen molar-refractivity contribution in [1.29, 1.82) is 5.26 Å². The van der Waals surface area contributed by atoms with E-state index < -0.39 is 0 Å². The molecule has 0 unspecified atom stereocenters. The van der Waals surface area contributed by atoms with Crippen LogP contribution in [-0.4, -0.2) is 66.8 Å². The number of rotatable bonds is 5. The number of carbonyl (C=O) groups excluding carboxylic acids is 1. The predicted molar refractivity (Wildman–Crippen MR) is 116 cm³/mol. The molecule has 0 radical (unpaired) electrons. The third-order valence-electron chi connectivity index (χ3n) is 5.82. The number of benzene rings is 1. The zero-order valence-corrected chi connectivity index (χ0v) is 17.8. The molecule has 1 aromatic heterocycles. The topological polar surface area (TPSA) is 81.5 Å². The fourth-order valence-electron chi connectivity index (χ4n) is 4.33. The smallest absolute Gasteiger partial charge is 0.222 e. The molecule has 0 aliphatic carbocycles. The van der Waals surface area contributed by atoms with Crippen molar-refractivity contribution in [3.8, 4) is 6.07 Å². The molecule has 158 valence electrons. The molecule has 30 heavy (non-hydrogen) atoms. The van der Waals surface area contributed by atoms with Gasteiger partial charge in [-0.25, -0.2) is 0 Å². The molecule has 2 aromatic rings. The first-order valence-electron chi connectivity index (χ1n) is 10.7. The van der Waals surface area contributed by atoms with E-state index in [9.17, 15) is 10.1 Å². The highest BCUT2D eigenvalue weighted by Gasteiger charge is 2.33. The molecule has 1 aromatic carbocycles. The molecule has 4 rings (SSSR count). The molecule has 3 heterocycles. The number of aromatic nitrogens is 1. The van der Waals surface area contributed by atoms with Crippen molar-refractivity contribution in [2.75, 3.05) is 37.6 Å². The van der Waals surface area contributed by atoms with Crippen molar-refractivity contribution in [2.45, 2.75) is 39.0 Å². The van der Waals surface area contributed by atoms with E-state index >= 15 is 0 Å². The lowest BCUT2D eigenvalue weighted by Crippen LogP contribution is -2.62. The van der Waals surface area contributed by atoms with Gasteiger partial charge in [0.2, 0.25) is 5.91 Å². The number of carbonyl (C=O) groups is 1. The number of anilines is 1. The van der Waals surface area contributed by atoms with Gasteiger partial charge in [-0.15, -0.1) is 0 Å². The normalized spacial score (nSPS) is 22.7. The summed E-state index contributed by atoms with van der Waals surface area (Å²) in [6, 6.07) is 10.3. The Bertz CT molecular complexity index is 964. The van der Waals surface area contributed by atoms with E-state index in [0.29, 0.717) is 5.56 Å². The van der Waals surface area contributed by atoms with Gasteiger partial charge >= 0.3 is 0 Å². The Morgan fingerprint density at radius 2 is 2.10 bits per heavy atom. The Labute approximate surface area is 177 Å². The van der Waals surface area contributed by atoms with Gasteiger partial charge in [0, 0.05) is 55.9 Å². The van der Waals surface area contributed by atoms with E-state index in [-0.39, 0.29) is 30.1 Å². The number of morpholine rings is 1. The molecule has 0 saturated carbocycles. The van der Waals surface area contributed by atoms with Crippen molar-refractivity contribution < 1.29 is 9.53 Å². The van der Waals surface area contributed by atoms with Gasteiger partial charge in [-0.05, 0) is 31.2 Å². The van der Waals surface area contributed by atoms with Crippen molar-refractivity contribution in [1.82, 2.24) is 15.2 Å². The van der Waals surface area contributed by atoms with Gasteiger partial charge < -0.3 is 15.0 Å². The van der Waals surface area contributed by atoms with Gasteiger partial charge in [-0.3, -0.25) is 14.7 Å². The minimum atomic E-state index is 0.0202. The maximum Gasteiger partial charge on any atom is 0.222 e. The zero-order chi connectivity index (χ0) is 21.3. The molecule has 1 N–H and O–H groups in total. The van der Waals surface area contributed by atoms with Crippen molar-refractivity contribution >= 4 is 22.5 Å². The van der Waals surface area contributed by atoms with Gasteiger partial charge in [0.15, 0.2) is 0 Å². The number of hydrogen-bond donors (Lipinski definition) is 1. The molecular formula is C23H29N5O2. The number of fused-ring (bicyclic) bond motifs is 1. The van der Waals surface area contributed by atoms with Gasteiger partial charge in [0.05, 0.1) is 29.3 Å². The quantitative estimate of drug-likeness (QED) is 0.818. The van der Waals surface area contributed by atoms with E-state index in [1.807, 2.05) is 38.1 Å². The van der Waals surface area contributed by atoms with Crippen LogP contribution in [0.4, 0.5) is 5.69 Å². The SMILES string of the molecule is CC(C)C(=O)NC1CN(C[C@H]2CN(c3ccc(C#N)c4ncccc34)C[C@@H](C)O2)C1. The minimum absolute atomic E-state index is 0.0202. The van der Waals surface area contributed by atoms with Crippen LogP contribution in [0.25, 0.3) is 10.9 Å². The number of nitrogens with one attached hydrogen (secondary N) is 1. The number of nitrogens with zero attached hydrogens (tertiary/aromatic N) is 4. The molecule has 0 bridgehead atoms. The van der Waals surface area contributed by atoms with Crippen molar-refractivity contribution in [2.24, 2.45) is 5.92 Å². The summed E-state index contributed by atoms with van der Waals surface area (Å²) in [4.78, 5) is 21.0. The lowest BCUT2D eigenvalue weighted by atomic mass is 10.0. The molecule has 2 atom stereocenters. The summed E-state index contributed by atoms with van der Waals surface area (Å²) in [5.41, 5.74) is 2.45. The van der Waals surface area contributed by atoms with E-state index in [1.165, 1.54) is 0 Å². The van der Waals surface area contributed by atoms with Crippen LogP contribution in [-0.2, 0) is 9.53 Å². The zero-order valence-electron chi connectivity index (χ0n) is 17.8. The average Bonchev–Trinajstić information content (AvgIpc) is 2.70. The van der Waals surface area contributed by atoms with E-state index in [2.05, 4.69) is 33.1 Å². The molecule has 7 heteroatoms. The second-order valence-electron chi connectivity index (χ2n) is 8.70. The Balaban J connectivity index is 1.42. The predicted octanol–water partition coefficient (Wildman–Crippen LogP) is 2.16. The molecule has 1 amide bonds. The highest BCUT2D eigenvalue weighted by molar-refractivity contribution is 5.95. The monoisotopic (exact) mass is 407 g/mol. The molecule has 0 spiro atoms. The minimum Gasteiger partial charge on any atom is -0.370 e. The Morgan fingerprint density at radius 1 is 1.30 bits per heavy atom. The number of pyridine rings is 1. The van der Waals surface area contributed by atoms with Crippen LogP contribution in [0.15, 0.2) is 30.5 Å². The van der Waals surface area contributed by atoms with Gasteiger partial charge in [-0.1, -0.05) is 13.8 Å². The number of hydrogen-bond acceptors (Lipinski definition) is 6. The van der Waals surface area contributed by atoms with Gasteiger partial charge in [-0.2, -0.15) is 5.26 Å². The Hall–Kier alpha value is -2.69. The van der Waals surface area contributed by atoms with Crippen LogP contribution in [0.5, 0.6) is 0 Å². The maximum absolute atomic E-state index is 11.9. The van der Waals surface area contributed by atoms with Crippen LogP contribution >= 0.6 is 0 Å². The molecule has 2 aliphatic heterocycles. The summed E-state index contributed by atoms with van der Waals surface area (Å²) in [6.07, 6.45) is 1.94. The van der Waals surface area contributed by atoms with Crippen molar-refractivity contribution in [3.63, 3.8) is 0 Å². The number of ether oxygens (including phenoxy) is 1. The molecule has 2 fully saturated rings. The lowest BCUT2D eigenvalue weighted by molar-refractivity contribution is -0.126. The van der Waals surface area contributed by atoms with Crippen LogP contribution in [0.2, 0.25) is 0 Å². The number of nitriles is 1. The molecule has 2 saturated heterocycles. The molecule has 7 nitrogen and oxygen atoms in total. The highest BCUT2D eigenvalue weighted by atomic mass is 16.5. The van der Waals surface area contributed by atoms with Crippen LogP contribution in [0, 0.1) is 17.2 Å². The van der Waals surface area contributed by atoms with Gasteiger partial charge in [0.25, 0.3) is 0 Å². The summed E-state index contributed by atoms with van der Waals surface area (Å²) in [5.74, 6) is 0.140. The fraction of sp³-hybridized carbons (Fsp3) is 0.522. The van der Waals surface area contributed by atoms with E-state index in [4.69, 9.17) is 4.74 Å². The third kappa shape index (κ3) is 4.25. The first kappa shape index (κ1) is 20.6. The first-order valence-corrected chi connectivity index (χ1v) is 10.7. The molecule has 2 aliphatic rings. The number of amides is 1. The standard InChI is InChI=1S/C23H29N5O2/c1-15(2)23(29)26-18-11-27(12-18)13-19-14-28(10-16(3)30-19)21-7-6-17(9-24)22-20(21)5-4-8-25-22/h4-8,15-16,18-19H,10-14H2,1-3H3,(H,26,29)/t16-,19+/m1/s1. The van der Waals surface area contributed by atoms with Gasteiger partial charge in [0.1, 0.15) is 6.07 Å². The summed E-state index contributed by atoms with van der Waals surface area (Å²) < 4.78 is 6.22. The van der Waals surface area contributed by atoms with Crippen molar-refractivity contribution in [3.05, 3.63) is 36.0 Å². The van der Waals surface area contributed by atoms with E-state index in [1.54, 1.807) is 6.20 Å². The summed E-state index contributed by atoms with van der Waals surface area (Å²) in [6.45, 7) is 10.1. The average molecular weight is 408 g/mol. The third-order valence-corrected chi connectivity index (χ3v) is 5.82. The summed E-state index contributed by atoms with van der Waals surface area (Å²) in [5, 5.41) is 13.5. The summed E-state index contributed by atoms with van der Waals surface area (Å²) >= 11 is 0. The van der Waals surface area contributed by atoms with Crippen LogP contribution < -0.4 is 10.2 Å². The lowest BCUT2D eigenvalue weighted by Gasteiger charge is -2.45. The van der Waals surface area contributed by atoms with E-state index in [0.717, 1.165) is 49.3 Å². The molecular weight excluding hydrogens is 378 g/mol.